The molecule has 21 heavy (non-hydrogen) atoms. The second-order valence-corrected chi connectivity index (χ2v) is 7.67. The summed E-state index contributed by atoms with van der Waals surface area (Å²) in [4.78, 5) is 3.43. The maximum absolute atomic E-state index is 6.47. The number of benzene rings is 1. The van der Waals surface area contributed by atoms with Crippen LogP contribution in [0.25, 0.3) is 10.9 Å². The highest BCUT2D eigenvalue weighted by atomic mass is 35.5. The number of aromatic amines is 1. The average Bonchev–Trinajstić information content (AvgIpc) is 2.85. The molecule has 2 nitrogen and oxygen atoms in total. The minimum atomic E-state index is 0.427. The molecule has 1 saturated carbocycles. The van der Waals surface area contributed by atoms with E-state index in [0.29, 0.717) is 4.75 Å². The van der Waals surface area contributed by atoms with Crippen LogP contribution in [-0.4, -0.2) is 22.5 Å². The van der Waals surface area contributed by atoms with Crippen molar-refractivity contribution in [3.63, 3.8) is 0 Å². The summed E-state index contributed by atoms with van der Waals surface area (Å²) in [5.74, 6) is 0. The molecule has 1 aromatic heterocycles. The third-order valence-corrected chi connectivity index (χ3v) is 6.51. The smallest absolute Gasteiger partial charge is 0.0705 e. The summed E-state index contributed by atoms with van der Waals surface area (Å²) in [6, 6.07) is 8.22. The van der Waals surface area contributed by atoms with Crippen molar-refractivity contribution in [3.8, 4) is 0 Å². The van der Waals surface area contributed by atoms with Gasteiger partial charge >= 0.3 is 0 Å². The minimum absolute atomic E-state index is 0.427. The third-order valence-electron chi connectivity index (χ3n) is 4.66. The summed E-state index contributed by atoms with van der Waals surface area (Å²) < 4.78 is 0.427. The Morgan fingerprint density at radius 3 is 2.71 bits per heavy atom. The Kier molecular flexibility index (Phi) is 4.82. The summed E-state index contributed by atoms with van der Waals surface area (Å²) in [5.41, 5.74) is 2.22. The van der Waals surface area contributed by atoms with Crippen molar-refractivity contribution in [1.29, 1.82) is 0 Å². The fraction of sp³-hybridized carbons (Fsp3) is 0.529. The quantitative estimate of drug-likeness (QED) is 0.812. The maximum atomic E-state index is 6.47. The number of halogens is 1. The first-order valence-corrected chi connectivity index (χ1v) is 9.35. The van der Waals surface area contributed by atoms with Crippen LogP contribution < -0.4 is 5.32 Å². The summed E-state index contributed by atoms with van der Waals surface area (Å²) in [7, 11) is 0. The topological polar surface area (TPSA) is 27.8 Å². The van der Waals surface area contributed by atoms with E-state index >= 15 is 0 Å². The van der Waals surface area contributed by atoms with E-state index in [4.69, 9.17) is 11.6 Å². The zero-order valence-corrected chi connectivity index (χ0v) is 14.1. The molecule has 2 N–H and O–H groups in total. The van der Waals surface area contributed by atoms with Crippen LogP contribution in [0.5, 0.6) is 0 Å². The van der Waals surface area contributed by atoms with Crippen LogP contribution >= 0.6 is 23.4 Å². The first kappa shape index (κ1) is 15.3. The van der Waals surface area contributed by atoms with Gasteiger partial charge in [0.2, 0.25) is 0 Å². The van der Waals surface area contributed by atoms with E-state index in [1.54, 1.807) is 0 Å². The molecule has 0 bridgehead atoms. The molecule has 0 spiro atoms. The summed E-state index contributed by atoms with van der Waals surface area (Å²) in [5, 5.41) is 5.61. The minimum Gasteiger partial charge on any atom is -0.356 e. The van der Waals surface area contributed by atoms with Gasteiger partial charge in [-0.2, -0.15) is 11.8 Å². The molecule has 4 heteroatoms. The highest BCUT2D eigenvalue weighted by molar-refractivity contribution is 8.00. The predicted octanol–water partition coefficient (Wildman–Crippen LogP) is 4.98. The molecule has 0 unspecified atom stereocenters. The number of para-hydroxylation sites is 1. The van der Waals surface area contributed by atoms with Gasteiger partial charge in [0.25, 0.3) is 0 Å². The Labute approximate surface area is 136 Å². The van der Waals surface area contributed by atoms with E-state index in [-0.39, 0.29) is 0 Å². The molecule has 0 saturated heterocycles. The van der Waals surface area contributed by atoms with E-state index in [2.05, 4.69) is 28.7 Å². The monoisotopic (exact) mass is 322 g/mol. The molecule has 1 heterocycles. The zero-order chi connectivity index (χ0) is 14.7. The molecule has 1 aliphatic carbocycles. The van der Waals surface area contributed by atoms with Gasteiger partial charge in [0, 0.05) is 34.4 Å². The van der Waals surface area contributed by atoms with Gasteiger partial charge in [-0.15, -0.1) is 0 Å². The Balaban J connectivity index is 1.65. The highest BCUT2D eigenvalue weighted by Crippen LogP contribution is 2.38. The van der Waals surface area contributed by atoms with Gasteiger partial charge in [-0.05, 0) is 25.2 Å². The van der Waals surface area contributed by atoms with Crippen LogP contribution in [0.3, 0.4) is 0 Å². The van der Waals surface area contributed by atoms with Gasteiger partial charge in [-0.25, -0.2) is 0 Å². The van der Waals surface area contributed by atoms with Crippen molar-refractivity contribution in [2.75, 3.05) is 12.8 Å². The fourth-order valence-electron chi connectivity index (χ4n) is 3.35. The van der Waals surface area contributed by atoms with E-state index in [0.717, 1.165) is 34.7 Å². The van der Waals surface area contributed by atoms with Crippen molar-refractivity contribution in [1.82, 2.24) is 10.3 Å². The van der Waals surface area contributed by atoms with Crippen LogP contribution in [0.15, 0.2) is 24.3 Å². The molecule has 0 aliphatic heterocycles. The van der Waals surface area contributed by atoms with Gasteiger partial charge in [0.1, 0.15) is 0 Å². The van der Waals surface area contributed by atoms with Crippen LogP contribution in [0.1, 0.15) is 37.8 Å². The van der Waals surface area contributed by atoms with Crippen LogP contribution in [-0.2, 0) is 6.54 Å². The number of aromatic nitrogens is 1. The fourth-order valence-corrected chi connectivity index (χ4v) is 4.57. The molecule has 0 atom stereocenters. The predicted molar refractivity (Wildman–Crippen MR) is 94.3 cm³/mol. The molecule has 114 valence electrons. The Morgan fingerprint density at radius 2 is 2.00 bits per heavy atom. The number of H-pyrrole nitrogens is 1. The number of rotatable bonds is 5. The number of hydrogen-bond acceptors (Lipinski definition) is 2. The van der Waals surface area contributed by atoms with Gasteiger partial charge in [-0.3, -0.25) is 0 Å². The zero-order valence-electron chi connectivity index (χ0n) is 12.5. The van der Waals surface area contributed by atoms with Crippen LogP contribution in [0.2, 0.25) is 5.02 Å². The first-order chi connectivity index (χ1) is 10.2. The number of nitrogens with one attached hydrogen (secondary N) is 2. The summed E-state index contributed by atoms with van der Waals surface area (Å²) in [6.45, 7) is 1.88. The molecular weight excluding hydrogens is 300 g/mol. The van der Waals surface area contributed by atoms with E-state index in [1.807, 2.05) is 23.9 Å². The van der Waals surface area contributed by atoms with Gasteiger partial charge in [0.15, 0.2) is 0 Å². The Hall–Kier alpha value is -0.640. The molecule has 2 aromatic rings. The number of fused-ring (bicyclic) bond motifs is 1. The lowest BCUT2D eigenvalue weighted by Crippen LogP contribution is -2.39. The second kappa shape index (κ2) is 6.64. The third kappa shape index (κ3) is 3.25. The normalized spacial score (nSPS) is 18.2. The molecule has 1 aromatic carbocycles. The van der Waals surface area contributed by atoms with E-state index in [1.165, 1.54) is 32.1 Å². The summed E-state index contributed by atoms with van der Waals surface area (Å²) >= 11 is 8.50. The number of thioether (sulfide) groups is 1. The number of hydrogen-bond donors (Lipinski definition) is 2. The van der Waals surface area contributed by atoms with Crippen molar-refractivity contribution < 1.29 is 0 Å². The van der Waals surface area contributed by atoms with Crippen LogP contribution in [0.4, 0.5) is 0 Å². The molecule has 3 rings (SSSR count). The van der Waals surface area contributed by atoms with Gasteiger partial charge < -0.3 is 10.3 Å². The highest BCUT2D eigenvalue weighted by Gasteiger charge is 2.30. The largest absolute Gasteiger partial charge is 0.356 e. The van der Waals surface area contributed by atoms with E-state index < -0.39 is 0 Å². The maximum Gasteiger partial charge on any atom is 0.0705 e. The lowest BCUT2D eigenvalue weighted by atomic mass is 9.88. The van der Waals surface area contributed by atoms with Crippen molar-refractivity contribution in [2.45, 2.75) is 43.4 Å². The standard InChI is InChI=1S/C17H23ClN2S/c1-21-17(9-5-2-6-10-17)12-19-11-15-16(18)13-7-3-4-8-14(13)20-15/h3-4,7-8,19-20H,2,5-6,9-12H2,1H3. The molecule has 1 aliphatic rings. The SMILES string of the molecule is CSC1(CNCc2[nH]c3ccccc3c2Cl)CCCCC1. The van der Waals surface area contributed by atoms with Crippen molar-refractivity contribution >= 4 is 34.3 Å². The second-order valence-electron chi connectivity index (χ2n) is 6.01. The van der Waals surface area contributed by atoms with Crippen molar-refractivity contribution in [3.05, 3.63) is 35.0 Å². The first-order valence-electron chi connectivity index (χ1n) is 7.75. The lowest BCUT2D eigenvalue weighted by Gasteiger charge is -2.36. The molecule has 0 amide bonds. The van der Waals surface area contributed by atoms with Crippen molar-refractivity contribution in [2.24, 2.45) is 0 Å². The van der Waals surface area contributed by atoms with E-state index in [9.17, 15) is 0 Å². The van der Waals surface area contributed by atoms with Gasteiger partial charge in [-0.1, -0.05) is 49.1 Å². The van der Waals surface area contributed by atoms with Gasteiger partial charge in [0.05, 0.1) is 5.02 Å². The van der Waals surface area contributed by atoms with Crippen LogP contribution in [0, 0.1) is 0 Å². The molecule has 0 radical (unpaired) electrons. The average molecular weight is 323 g/mol. The molecule has 1 fully saturated rings. The molecular formula is C17H23ClN2S. The Bertz CT molecular complexity index is 602. The Morgan fingerprint density at radius 1 is 1.24 bits per heavy atom. The lowest BCUT2D eigenvalue weighted by molar-refractivity contribution is 0.379. The summed E-state index contributed by atoms with van der Waals surface area (Å²) in [6.07, 6.45) is 9.06.